The third-order valence-electron chi connectivity index (χ3n) is 7.08. The quantitative estimate of drug-likeness (QED) is 0.309. The second kappa shape index (κ2) is 11.1. The summed E-state index contributed by atoms with van der Waals surface area (Å²) in [5.74, 6) is 2.89. The Kier molecular flexibility index (Phi) is 9.08. The van der Waals surface area contributed by atoms with Crippen LogP contribution in [0.2, 0.25) is 0 Å². The average molecular weight is 344 g/mol. The summed E-state index contributed by atoms with van der Waals surface area (Å²) < 4.78 is 0. The van der Waals surface area contributed by atoms with Crippen LogP contribution in [0.4, 0.5) is 0 Å². The fourth-order valence-electron chi connectivity index (χ4n) is 5.20. The standard InChI is InChI=1S/C24H41N/c1-3-5-7-9-17-24(20-25)18-15-23(16-19-24)22-13-11-21(12-14-22)10-8-6-4-2/h9,17,21-23H,3-8,10-16,18-19H2,1-2H3/t21?,22?,23-,24+. The number of nitrogens with zero attached hydrogens (tertiary/aromatic N) is 1. The van der Waals surface area contributed by atoms with Crippen molar-refractivity contribution in [2.24, 2.45) is 23.2 Å². The maximum Gasteiger partial charge on any atom is 0.0753 e. The van der Waals surface area contributed by atoms with Crippen LogP contribution in [0.1, 0.15) is 110 Å². The summed E-state index contributed by atoms with van der Waals surface area (Å²) in [7, 11) is 0. The molecule has 2 saturated carbocycles. The third kappa shape index (κ3) is 6.47. The van der Waals surface area contributed by atoms with Crippen LogP contribution < -0.4 is 0 Å². The van der Waals surface area contributed by atoms with E-state index in [0.29, 0.717) is 0 Å². The van der Waals surface area contributed by atoms with Crippen LogP contribution in [0.15, 0.2) is 12.2 Å². The van der Waals surface area contributed by atoms with Gasteiger partial charge in [0.1, 0.15) is 0 Å². The summed E-state index contributed by atoms with van der Waals surface area (Å²) in [6.07, 6.45) is 24.6. The number of allylic oxidation sites excluding steroid dienone is 2. The van der Waals surface area contributed by atoms with E-state index in [1.54, 1.807) is 0 Å². The summed E-state index contributed by atoms with van der Waals surface area (Å²) in [5.41, 5.74) is -0.137. The Morgan fingerprint density at radius 1 is 0.880 bits per heavy atom. The van der Waals surface area contributed by atoms with E-state index in [2.05, 4.69) is 32.1 Å². The topological polar surface area (TPSA) is 23.8 Å². The summed E-state index contributed by atoms with van der Waals surface area (Å²) in [4.78, 5) is 0. The average Bonchev–Trinajstić information content (AvgIpc) is 2.67. The molecular formula is C24H41N. The summed E-state index contributed by atoms with van der Waals surface area (Å²) in [6, 6.07) is 2.67. The van der Waals surface area contributed by atoms with Crippen LogP contribution in [0.3, 0.4) is 0 Å². The molecule has 0 radical (unpaired) electrons. The van der Waals surface area contributed by atoms with E-state index in [4.69, 9.17) is 0 Å². The second-order valence-electron chi connectivity index (χ2n) is 8.93. The molecule has 0 unspecified atom stereocenters. The lowest BCUT2D eigenvalue weighted by Crippen LogP contribution is -2.30. The molecule has 0 aromatic rings. The highest BCUT2D eigenvalue weighted by Crippen LogP contribution is 2.46. The van der Waals surface area contributed by atoms with Crippen molar-refractivity contribution in [2.75, 3.05) is 0 Å². The molecule has 0 N–H and O–H groups in total. The van der Waals surface area contributed by atoms with Gasteiger partial charge in [0.05, 0.1) is 11.5 Å². The van der Waals surface area contributed by atoms with Gasteiger partial charge in [-0.2, -0.15) is 5.26 Å². The minimum absolute atomic E-state index is 0.137. The Balaban J connectivity index is 1.73. The van der Waals surface area contributed by atoms with Gasteiger partial charge in [0.25, 0.3) is 0 Å². The molecule has 0 aromatic heterocycles. The van der Waals surface area contributed by atoms with Gasteiger partial charge < -0.3 is 0 Å². The smallest absolute Gasteiger partial charge is 0.0753 e. The SMILES string of the molecule is CCCCC=C[C@]1(C#N)CC[C@@H](C2CCC(CCCCC)CC2)CC1. The van der Waals surface area contributed by atoms with E-state index in [1.165, 1.54) is 77.0 Å². The minimum atomic E-state index is -0.137. The molecule has 0 aliphatic heterocycles. The molecule has 2 rings (SSSR count). The lowest BCUT2D eigenvalue weighted by Gasteiger charge is -2.39. The van der Waals surface area contributed by atoms with Gasteiger partial charge in [-0.05, 0) is 62.7 Å². The highest BCUT2D eigenvalue weighted by Gasteiger charge is 2.37. The number of hydrogen-bond donors (Lipinski definition) is 0. The normalized spacial score (nSPS) is 33.4. The van der Waals surface area contributed by atoms with Crippen molar-refractivity contribution in [2.45, 2.75) is 110 Å². The molecule has 0 bridgehead atoms. The first-order valence-corrected chi connectivity index (χ1v) is 11.3. The van der Waals surface area contributed by atoms with E-state index in [9.17, 15) is 5.26 Å². The van der Waals surface area contributed by atoms with E-state index in [-0.39, 0.29) is 5.41 Å². The summed E-state index contributed by atoms with van der Waals surface area (Å²) >= 11 is 0. The monoisotopic (exact) mass is 343 g/mol. The van der Waals surface area contributed by atoms with Gasteiger partial charge in [-0.1, -0.05) is 77.4 Å². The zero-order valence-electron chi connectivity index (χ0n) is 16.9. The maximum absolute atomic E-state index is 9.73. The Bertz CT molecular complexity index is 414. The fourth-order valence-corrected chi connectivity index (χ4v) is 5.20. The van der Waals surface area contributed by atoms with Crippen LogP contribution in [0, 0.1) is 34.5 Å². The predicted octanol–water partition coefficient (Wildman–Crippen LogP) is 7.82. The molecule has 25 heavy (non-hydrogen) atoms. The Hall–Kier alpha value is -0.770. The zero-order valence-corrected chi connectivity index (χ0v) is 16.9. The van der Waals surface area contributed by atoms with Crippen LogP contribution in [-0.4, -0.2) is 0 Å². The summed E-state index contributed by atoms with van der Waals surface area (Å²) in [6.45, 7) is 4.54. The number of nitriles is 1. The van der Waals surface area contributed by atoms with Crippen molar-refractivity contribution in [3.05, 3.63) is 12.2 Å². The lowest BCUT2D eigenvalue weighted by molar-refractivity contribution is 0.136. The molecule has 0 saturated heterocycles. The van der Waals surface area contributed by atoms with Crippen molar-refractivity contribution in [3.8, 4) is 6.07 Å². The molecule has 2 aliphatic carbocycles. The highest BCUT2D eigenvalue weighted by atomic mass is 14.4. The van der Waals surface area contributed by atoms with E-state index >= 15 is 0 Å². The van der Waals surface area contributed by atoms with Crippen molar-refractivity contribution in [1.29, 1.82) is 5.26 Å². The molecule has 0 amide bonds. The Morgan fingerprint density at radius 3 is 2.12 bits per heavy atom. The van der Waals surface area contributed by atoms with Gasteiger partial charge in [-0.25, -0.2) is 0 Å². The van der Waals surface area contributed by atoms with E-state index in [1.807, 2.05) is 0 Å². The lowest BCUT2D eigenvalue weighted by atomic mass is 9.64. The summed E-state index contributed by atoms with van der Waals surface area (Å²) in [5, 5.41) is 9.73. The van der Waals surface area contributed by atoms with Crippen LogP contribution >= 0.6 is 0 Å². The first kappa shape index (κ1) is 20.5. The van der Waals surface area contributed by atoms with Crippen molar-refractivity contribution < 1.29 is 0 Å². The third-order valence-corrected chi connectivity index (χ3v) is 7.08. The Labute approximate surface area is 157 Å². The molecular weight excluding hydrogens is 302 g/mol. The Morgan fingerprint density at radius 2 is 1.52 bits per heavy atom. The number of hydrogen-bond acceptors (Lipinski definition) is 1. The van der Waals surface area contributed by atoms with E-state index in [0.717, 1.165) is 37.0 Å². The molecule has 0 spiro atoms. The largest absolute Gasteiger partial charge is 0.197 e. The molecule has 1 nitrogen and oxygen atoms in total. The van der Waals surface area contributed by atoms with Crippen molar-refractivity contribution in [1.82, 2.24) is 0 Å². The first-order chi connectivity index (χ1) is 12.2. The van der Waals surface area contributed by atoms with Gasteiger partial charge in [0, 0.05) is 0 Å². The molecule has 0 atom stereocenters. The van der Waals surface area contributed by atoms with Gasteiger partial charge in [0.15, 0.2) is 0 Å². The molecule has 2 fully saturated rings. The number of rotatable bonds is 9. The van der Waals surface area contributed by atoms with Gasteiger partial charge >= 0.3 is 0 Å². The zero-order chi connectivity index (χ0) is 18.0. The fraction of sp³-hybridized carbons (Fsp3) is 0.875. The number of unbranched alkanes of at least 4 members (excludes halogenated alkanes) is 4. The van der Waals surface area contributed by atoms with Gasteiger partial charge in [0.2, 0.25) is 0 Å². The van der Waals surface area contributed by atoms with Crippen molar-refractivity contribution >= 4 is 0 Å². The van der Waals surface area contributed by atoms with E-state index < -0.39 is 0 Å². The predicted molar refractivity (Wildman–Crippen MR) is 108 cm³/mol. The van der Waals surface area contributed by atoms with Gasteiger partial charge in [-0.3, -0.25) is 0 Å². The molecule has 1 heteroatoms. The molecule has 0 heterocycles. The van der Waals surface area contributed by atoms with Crippen molar-refractivity contribution in [3.63, 3.8) is 0 Å². The molecule has 142 valence electrons. The molecule has 0 aromatic carbocycles. The highest BCUT2D eigenvalue weighted by molar-refractivity contribution is 5.14. The molecule has 2 aliphatic rings. The maximum atomic E-state index is 9.73. The van der Waals surface area contributed by atoms with Crippen LogP contribution in [-0.2, 0) is 0 Å². The minimum Gasteiger partial charge on any atom is -0.197 e. The van der Waals surface area contributed by atoms with Crippen LogP contribution in [0.5, 0.6) is 0 Å². The second-order valence-corrected chi connectivity index (χ2v) is 8.93. The van der Waals surface area contributed by atoms with Crippen LogP contribution in [0.25, 0.3) is 0 Å². The first-order valence-electron chi connectivity index (χ1n) is 11.3. The van der Waals surface area contributed by atoms with Gasteiger partial charge in [-0.15, -0.1) is 0 Å².